The fourth-order valence-corrected chi connectivity index (χ4v) is 3.50. The maximum atomic E-state index is 4.53. The van der Waals surface area contributed by atoms with Gasteiger partial charge in [-0.2, -0.15) is 0 Å². The highest BCUT2D eigenvalue weighted by Gasteiger charge is 2.31. The quantitative estimate of drug-likeness (QED) is 0.879. The van der Waals surface area contributed by atoms with Crippen molar-refractivity contribution in [1.29, 1.82) is 0 Å². The van der Waals surface area contributed by atoms with Crippen molar-refractivity contribution in [2.75, 3.05) is 6.54 Å². The van der Waals surface area contributed by atoms with Gasteiger partial charge in [0.05, 0.1) is 5.69 Å². The summed E-state index contributed by atoms with van der Waals surface area (Å²) in [6.07, 6.45) is 6.70. The summed E-state index contributed by atoms with van der Waals surface area (Å²) in [5.74, 6) is 0.858. The maximum absolute atomic E-state index is 4.53. The molecule has 1 unspecified atom stereocenters. The fourth-order valence-electron chi connectivity index (χ4n) is 2.63. The van der Waals surface area contributed by atoms with Crippen LogP contribution in [0.15, 0.2) is 12.4 Å². The van der Waals surface area contributed by atoms with E-state index in [1.807, 2.05) is 0 Å². The van der Waals surface area contributed by atoms with Crippen LogP contribution in [0, 0.1) is 12.8 Å². The zero-order chi connectivity index (χ0) is 13.2. The third kappa shape index (κ3) is 2.95. The lowest BCUT2D eigenvalue weighted by molar-refractivity contribution is 0.457. The van der Waals surface area contributed by atoms with Crippen molar-refractivity contribution in [1.82, 2.24) is 15.3 Å². The lowest BCUT2D eigenvalue weighted by atomic mass is 10.0. The third-order valence-corrected chi connectivity index (χ3v) is 4.75. The van der Waals surface area contributed by atoms with Gasteiger partial charge in [0, 0.05) is 22.7 Å². The van der Waals surface area contributed by atoms with E-state index in [0.717, 1.165) is 23.7 Å². The summed E-state index contributed by atoms with van der Waals surface area (Å²) in [5.41, 5.74) is 1.22. The average molecular weight is 275 g/mol. The fraction of sp³-hybridized carbons (Fsp3) is 0.600. The van der Waals surface area contributed by atoms with E-state index in [1.54, 1.807) is 17.7 Å². The van der Waals surface area contributed by atoms with Crippen LogP contribution in [0.5, 0.6) is 0 Å². The van der Waals surface area contributed by atoms with Gasteiger partial charge < -0.3 is 5.32 Å². The molecule has 1 aliphatic carbocycles. The van der Waals surface area contributed by atoms with Gasteiger partial charge >= 0.3 is 0 Å². The maximum Gasteiger partial charge on any atom is 0.127 e. The number of hydrogen-bond acceptors (Lipinski definition) is 4. The van der Waals surface area contributed by atoms with Crippen molar-refractivity contribution in [2.24, 2.45) is 5.92 Å². The van der Waals surface area contributed by atoms with E-state index in [4.69, 9.17) is 0 Å². The van der Waals surface area contributed by atoms with Crippen LogP contribution in [-0.4, -0.2) is 22.6 Å². The Morgan fingerprint density at radius 3 is 3.00 bits per heavy atom. The minimum absolute atomic E-state index is 0.596. The molecule has 1 atom stereocenters. The van der Waals surface area contributed by atoms with Crippen LogP contribution in [0.4, 0.5) is 0 Å². The molecule has 1 saturated carbocycles. The molecule has 0 amide bonds. The van der Waals surface area contributed by atoms with Gasteiger partial charge in [-0.1, -0.05) is 6.92 Å². The molecule has 0 aromatic carbocycles. The molecule has 2 heterocycles. The molecule has 3 rings (SSSR count). The minimum Gasteiger partial charge on any atom is -0.313 e. The molecule has 0 saturated heterocycles. The first-order chi connectivity index (χ1) is 9.28. The van der Waals surface area contributed by atoms with Crippen LogP contribution >= 0.6 is 11.3 Å². The van der Waals surface area contributed by atoms with Crippen LogP contribution in [0.3, 0.4) is 0 Å². The lowest BCUT2D eigenvalue weighted by Gasteiger charge is -2.17. The number of nitrogens with one attached hydrogen (secondary N) is 1. The van der Waals surface area contributed by atoms with Crippen molar-refractivity contribution in [3.05, 3.63) is 23.0 Å². The van der Waals surface area contributed by atoms with Crippen molar-refractivity contribution < 1.29 is 0 Å². The predicted octanol–water partition coefficient (Wildman–Crippen LogP) is 3.32. The topological polar surface area (TPSA) is 37.8 Å². The molecule has 2 aromatic rings. The monoisotopic (exact) mass is 275 g/mol. The molecule has 0 aliphatic heterocycles. The molecule has 4 heteroatoms. The Kier molecular flexibility index (Phi) is 3.80. The molecule has 1 aliphatic rings. The van der Waals surface area contributed by atoms with E-state index < -0.39 is 0 Å². The lowest BCUT2D eigenvalue weighted by Crippen LogP contribution is -2.34. The van der Waals surface area contributed by atoms with E-state index in [0.29, 0.717) is 6.04 Å². The molecule has 3 nitrogen and oxygen atoms in total. The van der Waals surface area contributed by atoms with Gasteiger partial charge in [-0.25, -0.2) is 9.97 Å². The van der Waals surface area contributed by atoms with Gasteiger partial charge in [0.1, 0.15) is 11.2 Å². The summed E-state index contributed by atoms with van der Waals surface area (Å²) < 4.78 is 0. The highest BCUT2D eigenvalue weighted by molar-refractivity contribution is 7.18. The van der Waals surface area contributed by atoms with E-state index >= 15 is 0 Å². The van der Waals surface area contributed by atoms with E-state index in [9.17, 15) is 0 Å². The molecule has 0 spiro atoms. The zero-order valence-corrected chi connectivity index (χ0v) is 12.5. The van der Waals surface area contributed by atoms with Crippen molar-refractivity contribution in [3.63, 3.8) is 0 Å². The summed E-state index contributed by atoms with van der Waals surface area (Å²) in [6.45, 7) is 5.48. The van der Waals surface area contributed by atoms with Crippen LogP contribution in [0.2, 0.25) is 0 Å². The molecule has 1 N–H and O–H groups in total. The largest absolute Gasteiger partial charge is 0.313 e. The smallest absolute Gasteiger partial charge is 0.127 e. The Labute approximate surface area is 118 Å². The molecule has 0 bridgehead atoms. The summed E-state index contributed by atoms with van der Waals surface area (Å²) in [6, 6.07) is 2.83. The van der Waals surface area contributed by atoms with Crippen LogP contribution in [0.25, 0.3) is 10.2 Å². The zero-order valence-electron chi connectivity index (χ0n) is 11.6. The number of rotatable bonds is 6. The van der Waals surface area contributed by atoms with Crippen molar-refractivity contribution in [3.8, 4) is 0 Å². The third-order valence-electron chi connectivity index (χ3n) is 3.80. The summed E-state index contributed by atoms with van der Waals surface area (Å²) in [7, 11) is 0. The standard InChI is InChI=1S/C15H21N3S/c1-3-6-16-13(11-4-5-11)8-14-12-7-10(2)19-15(12)18-9-17-14/h7,9,11,13,16H,3-6,8H2,1-2H3. The van der Waals surface area contributed by atoms with E-state index in [2.05, 4.69) is 35.2 Å². The molecule has 2 aromatic heterocycles. The molecule has 1 fully saturated rings. The van der Waals surface area contributed by atoms with Gasteiger partial charge in [-0.3, -0.25) is 0 Å². The highest BCUT2D eigenvalue weighted by atomic mass is 32.1. The van der Waals surface area contributed by atoms with E-state index in [-0.39, 0.29) is 0 Å². The van der Waals surface area contributed by atoms with Crippen LogP contribution in [-0.2, 0) is 6.42 Å². The second kappa shape index (κ2) is 5.55. The van der Waals surface area contributed by atoms with Crippen molar-refractivity contribution in [2.45, 2.75) is 45.6 Å². The summed E-state index contributed by atoms with van der Waals surface area (Å²) in [4.78, 5) is 11.4. The van der Waals surface area contributed by atoms with Gasteiger partial charge in [0.25, 0.3) is 0 Å². The SMILES string of the molecule is CCCNC(Cc1ncnc2sc(C)cc12)C1CC1. The van der Waals surface area contributed by atoms with Crippen LogP contribution in [0.1, 0.15) is 36.8 Å². The first kappa shape index (κ1) is 13.0. The number of thiophene rings is 1. The van der Waals surface area contributed by atoms with E-state index in [1.165, 1.54) is 35.2 Å². The highest BCUT2D eigenvalue weighted by Crippen LogP contribution is 2.35. The molecular weight excluding hydrogens is 254 g/mol. The Balaban J connectivity index is 1.82. The van der Waals surface area contributed by atoms with Crippen LogP contribution < -0.4 is 5.32 Å². The van der Waals surface area contributed by atoms with Crippen molar-refractivity contribution >= 4 is 21.6 Å². The molecular formula is C15H21N3S. The Morgan fingerprint density at radius 2 is 2.26 bits per heavy atom. The molecule has 19 heavy (non-hydrogen) atoms. The number of nitrogens with zero attached hydrogens (tertiary/aromatic N) is 2. The Bertz CT molecular complexity index is 560. The molecule has 0 radical (unpaired) electrons. The minimum atomic E-state index is 0.596. The first-order valence-corrected chi connectivity index (χ1v) is 8.03. The first-order valence-electron chi connectivity index (χ1n) is 7.21. The van der Waals surface area contributed by atoms with Gasteiger partial charge in [0.2, 0.25) is 0 Å². The second-order valence-electron chi connectivity index (χ2n) is 5.50. The number of aromatic nitrogens is 2. The predicted molar refractivity (Wildman–Crippen MR) is 80.7 cm³/mol. The second-order valence-corrected chi connectivity index (χ2v) is 6.73. The van der Waals surface area contributed by atoms with Gasteiger partial charge in [-0.15, -0.1) is 11.3 Å². The average Bonchev–Trinajstić information content (AvgIpc) is 3.16. The number of hydrogen-bond donors (Lipinski definition) is 1. The number of fused-ring (bicyclic) bond motifs is 1. The molecule has 102 valence electrons. The Hall–Kier alpha value is -1.00. The summed E-state index contributed by atoms with van der Waals surface area (Å²) in [5, 5.41) is 4.95. The Morgan fingerprint density at radius 1 is 1.42 bits per heavy atom. The number of aryl methyl sites for hydroxylation is 1. The normalized spacial score (nSPS) is 16.9. The van der Waals surface area contributed by atoms with Gasteiger partial charge in [-0.05, 0) is 44.7 Å². The summed E-state index contributed by atoms with van der Waals surface area (Å²) >= 11 is 1.76. The van der Waals surface area contributed by atoms with Gasteiger partial charge in [0.15, 0.2) is 0 Å².